The van der Waals surface area contributed by atoms with Gasteiger partial charge < -0.3 is 10.0 Å². The third-order valence-electron chi connectivity index (χ3n) is 4.77. The Morgan fingerprint density at radius 2 is 1.74 bits per heavy atom. The number of carboxylic acid groups (broad SMARTS) is 1. The Morgan fingerprint density at radius 1 is 1.11 bits per heavy atom. The van der Waals surface area contributed by atoms with E-state index < -0.39 is 5.97 Å². The van der Waals surface area contributed by atoms with Crippen LogP contribution in [0.4, 0.5) is 0 Å². The van der Waals surface area contributed by atoms with Gasteiger partial charge in [-0.2, -0.15) is 0 Å². The maximum absolute atomic E-state index is 10.5. The second-order valence-electron chi connectivity index (χ2n) is 6.29. The number of nitrogens with zero attached hydrogens (tertiary/aromatic N) is 2. The summed E-state index contributed by atoms with van der Waals surface area (Å²) in [5.41, 5.74) is 0. The normalized spacial score (nSPS) is 30.4. The van der Waals surface area contributed by atoms with Crippen molar-refractivity contribution in [1.82, 2.24) is 9.80 Å². The van der Waals surface area contributed by atoms with Crippen LogP contribution >= 0.6 is 0 Å². The van der Waals surface area contributed by atoms with Crippen LogP contribution in [0.25, 0.3) is 0 Å². The van der Waals surface area contributed by atoms with Crippen molar-refractivity contribution in [3.63, 3.8) is 0 Å². The molecular formula is C15H28N2O2. The molecule has 110 valence electrons. The summed E-state index contributed by atoms with van der Waals surface area (Å²) < 4.78 is 0. The Bertz CT molecular complexity index is 280. The van der Waals surface area contributed by atoms with Gasteiger partial charge in [-0.25, -0.2) is 0 Å². The van der Waals surface area contributed by atoms with Crippen molar-refractivity contribution in [3.8, 4) is 0 Å². The highest BCUT2D eigenvalue weighted by atomic mass is 16.4. The average Bonchev–Trinajstić information content (AvgIpc) is 2.40. The minimum absolute atomic E-state index is 0.306. The molecule has 4 heteroatoms. The van der Waals surface area contributed by atoms with E-state index in [0.29, 0.717) is 6.42 Å². The monoisotopic (exact) mass is 268 g/mol. The van der Waals surface area contributed by atoms with Crippen LogP contribution in [0.3, 0.4) is 0 Å². The largest absolute Gasteiger partial charge is 0.481 e. The Kier molecular flexibility index (Phi) is 5.64. The minimum atomic E-state index is -0.671. The number of carbonyl (C=O) groups is 1. The molecular weight excluding hydrogens is 240 g/mol. The third kappa shape index (κ3) is 4.77. The smallest absolute Gasteiger partial charge is 0.303 e. The van der Waals surface area contributed by atoms with Crippen molar-refractivity contribution in [2.75, 3.05) is 32.7 Å². The average molecular weight is 268 g/mol. The van der Waals surface area contributed by atoms with E-state index in [-0.39, 0.29) is 0 Å². The van der Waals surface area contributed by atoms with Crippen LogP contribution in [0.1, 0.15) is 45.4 Å². The summed E-state index contributed by atoms with van der Waals surface area (Å²) in [6.07, 6.45) is 6.63. The predicted octanol–water partition coefficient (Wildman–Crippen LogP) is 2.05. The minimum Gasteiger partial charge on any atom is -0.481 e. The van der Waals surface area contributed by atoms with Gasteiger partial charge in [0.1, 0.15) is 0 Å². The van der Waals surface area contributed by atoms with E-state index in [2.05, 4.69) is 16.7 Å². The van der Waals surface area contributed by atoms with Crippen LogP contribution in [0.2, 0.25) is 0 Å². The molecule has 0 aromatic heterocycles. The Hall–Kier alpha value is -0.610. The lowest BCUT2D eigenvalue weighted by Gasteiger charge is -2.41. The molecule has 0 unspecified atom stereocenters. The van der Waals surface area contributed by atoms with E-state index in [4.69, 9.17) is 5.11 Å². The van der Waals surface area contributed by atoms with Crippen LogP contribution in [-0.4, -0.2) is 59.6 Å². The van der Waals surface area contributed by atoms with E-state index >= 15 is 0 Å². The Balaban J connectivity index is 1.63. The maximum Gasteiger partial charge on any atom is 0.303 e. The lowest BCUT2D eigenvalue weighted by Crippen LogP contribution is -2.51. The first kappa shape index (κ1) is 14.8. The van der Waals surface area contributed by atoms with Crippen molar-refractivity contribution in [2.24, 2.45) is 5.92 Å². The number of hydrogen-bond acceptors (Lipinski definition) is 3. The SMILES string of the molecule is CC1CCC(N2CCN(CCCC(=O)O)CC2)CC1. The fourth-order valence-corrected chi connectivity index (χ4v) is 3.41. The van der Waals surface area contributed by atoms with Gasteiger partial charge in [0.2, 0.25) is 0 Å². The number of rotatable bonds is 5. The number of aliphatic carboxylic acids is 1. The second-order valence-corrected chi connectivity index (χ2v) is 6.29. The molecule has 0 amide bonds. The van der Waals surface area contributed by atoms with Gasteiger partial charge in [-0.15, -0.1) is 0 Å². The molecule has 2 rings (SSSR count). The number of hydrogen-bond donors (Lipinski definition) is 1. The molecule has 19 heavy (non-hydrogen) atoms. The molecule has 0 radical (unpaired) electrons. The van der Waals surface area contributed by atoms with Gasteiger partial charge in [-0.3, -0.25) is 9.69 Å². The summed E-state index contributed by atoms with van der Waals surface area (Å²) in [7, 11) is 0. The molecule has 0 aromatic rings. The molecule has 0 aromatic carbocycles. The Labute approximate surface area is 116 Å². The molecule has 0 bridgehead atoms. The van der Waals surface area contributed by atoms with Gasteiger partial charge in [-0.05, 0) is 44.6 Å². The number of piperazine rings is 1. The highest BCUT2D eigenvalue weighted by Crippen LogP contribution is 2.27. The summed E-state index contributed by atoms with van der Waals surface area (Å²) in [5.74, 6) is 0.253. The Morgan fingerprint density at radius 3 is 2.32 bits per heavy atom. The van der Waals surface area contributed by atoms with Crippen LogP contribution in [0.15, 0.2) is 0 Å². The van der Waals surface area contributed by atoms with Crippen LogP contribution in [0.5, 0.6) is 0 Å². The summed E-state index contributed by atoms with van der Waals surface area (Å²) in [5, 5.41) is 8.65. The van der Waals surface area contributed by atoms with Crippen molar-refractivity contribution >= 4 is 5.97 Å². The van der Waals surface area contributed by atoms with Gasteiger partial charge in [-0.1, -0.05) is 6.92 Å². The molecule has 1 saturated heterocycles. The van der Waals surface area contributed by atoms with Crippen molar-refractivity contribution in [2.45, 2.75) is 51.5 Å². The summed E-state index contributed by atoms with van der Waals surface area (Å²) in [4.78, 5) is 15.6. The maximum atomic E-state index is 10.5. The van der Waals surface area contributed by atoms with Gasteiger partial charge in [0.25, 0.3) is 0 Å². The molecule has 2 aliphatic rings. The molecule has 1 aliphatic heterocycles. The fourth-order valence-electron chi connectivity index (χ4n) is 3.41. The first-order chi connectivity index (χ1) is 9.15. The van der Waals surface area contributed by atoms with Crippen LogP contribution in [0, 0.1) is 5.92 Å². The molecule has 1 aliphatic carbocycles. The van der Waals surface area contributed by atoms with Crippen molar-refractivity contribution in [1.29, 1.82) is 0 Å². The van der Waals surface area contributed by atoms with E-state index in [1.807, 2.05) is 0 Å². The highest BCUT2D eigenvalue weighted by Gasteiger charge is 2.26. The highest BCUT2D eigenvalue weighted by molar-refractivity contribution is 5.66. The summed E-state index contributed by atoms with van der Waals surface area (Å²) in [6.45, 7) is 7.90. The van der Waals surface area contributed by atoms with Gasteiger partial charge in [0, 0.05) is 38.6 Å². The van der Waals surface area contributed by atoms with Gasteiger partial charge in [0.05, 0.1) is 0 Å². The van der Waals surface area contributed by atoms with E-state index in [9.17, 15) is 4.79 Å². The zero-order valence-corrected chi connectivity index (χ0v) is 12.2. The van der Waals surface area contributed by atoms with Crippen molar-refractivity contribution in [3.05, 3.63) is 0 Å². The molecule has 2 fully saturated rings. The zero-order valence-electron chi connectivity index (χ0n) is 12.2. The molecule has 1 N–H and O–H groups in total. The second kappa shape index (κ2) is 7.25. The first-order valence-corrected chi connectivity index (χ1v) is 7.83. The topological polar surface area (TPSA) is 43.8 Å². The predicted molar refractivity (Wildman–Crippen MR) is 76.3 cm³/mol. The van der Waals surface area contributed by atoms with Crippen LogP contribution < -0.4 is 0 Å². The molecule has 1 heterocycles. The van der Waals surface area contributed by atoms with Crippen LogP contribution in [-0.2, 0) is 4.79 Å². The first-order valence-electron chi connectivity index (χ1n) is 7.83. The standard InChI is InChI=1S/C15H28N2O2/c1-13-4-6-14(7-5-13)17-11-9-16(10-12-17)8-2-3-15(18)19/h13-14H,2-12H2,1H3,(H,18,19). The third-order valence-corrected chi connectivity index (χ3v) is 4.77. The molecule has 0 spiro atoms. The van der Waals surface area contributed by atoms with E-state index in [0.717, 1.165) is 38.0 Å². The molecule has 1 saturated carbocycles. The zero-order chi connectivity index (χ0) is 13.7. The molecule has 4 nitrogen and oxygen atoms in total. The van der Waals surface area contributed by atoms with E-state index in [1.165, 1.54) is 38.8 Å². The fraction of sp³-hybridized carbons (Fsp3) is 0.933. The lowest BCUT2D eigenvalue weighted by molar-refractivity contribution is -0.137. The quantitative estimate of drug-likeness (QED) is 0.829. The van der Waals surface area contributed by atoms with Gasteiger partial charge >= 0.3 is 5.97 Å². The summed E-state index contributed by atoms with van der Waals surface area (Å²) in [6, 6.07) is 0.817. The summed E-state index contributed by atoms with van der Waals surface area (Å²) >= 11 is 0. The van der Waals surface area contributed by atoms with Crippen molar-refractivity contribution < 1.29 is 9.90 Å². The molecule has 0 atom stereocenters. The van der Waals surface area contributed by atoms with E-state index in [1.54, 1.807) is 0 Å². The number of carboxylic acids is 1. The van der Waals surface area contributed by atoms with Gasteiger partial charge in [0.15, 0.2) is 0 Å². The lowest BCUT2D eigenvalue weighted by atomic mass is 9.86.